The van der Waals surface area contributed by atoms with Gasteiger partial charge in [0.05, 0.1) is 11.5 Å². The number of carbonyl (C=O) groups is 4. The Hall–Kier alpha value is -4.73. The van der Waals surface area contributed by atoms with E-state index in [0.29, 0.717) is 37.2 Å². The Labute approximate surface area is 269 Å². The fraction of sp³-hybridized carbons (Fsp3) is 0.417. The van der Waals surface area contributed by atoms with E-state index < -0.39 is 16.9 Å². The third-order valence-electron chi connectivity index (χ3n) is 9.42. The van der Waals surface area contributed by atoms with E-state index in [9.17, 15) is 19.2 Å². The summed E-state index contributed by atoms with van der Waals surface area (Å²) in [6.07, 6.45) is 3.67. The lowest BCUT2D eigenvalue weighted by molar-refractivity contribution is -0.145. The molecule has 1 spiro atoms. The highest BCUT2D eigenvalue weighted by Gasteiger charge is 2.51. The Balaban J connectivity index is 1.14. The number of hydrogen-bond acceptors (Lipinski definition) is 6. The molecule has 2 aromatic carbocycles. The van der Waals surface area contributed by atoms with Gasteiger partial charge in [0.25, 0.3) is 0 Å². The molecule has 0 bridgehead atoms. The summed E-state index contributed by atoms with van der Waals surface area (Å²) < 4.78 is 5.63. The molecule has 1 aromatic heterocycles. The fourth-order valence-corrected chi connectivity index (χ4v) is 6.90. The van der Waals surface area contributed by atoms with Crippen LogP contribution in [0.3, 0.4) is 0 Å². The number of anilines is 2. The summed E-state index contributed by atoms with van der Waals surface area (Å²) in [6.45, 7) is 7.78. The third-order valence-corrected chi connectivity index (χ3v) is 9.42. The highest BCUT2D eigenvalue weighted by molar-refractivity contribution is 6.06. The summed E-state index contributed by atoms with van der Waals surface area (Å²) in [6, 6.07) is 18.6. The van der Waals surface area contributed by atoms with Gasteiger partial charge in [0.15, 0.2) is 0 Å². The number of benzene rings is 2. The van der Waals surface area contributed by atoms with Crippen molar-refractivity contribution in [1.82, 2.24) is 14.8 Å². The molecule has 6 rings (SSSR count). The molecule has 3 atom stereocenters. The van der Waals surface area contributed by atoms with E-state index in [1.165, 1.54) is 0 Å². The highest BCUT2D eigenvalue weighted by atomic mass is 16.6. The molecular formula is C36H41N5O5. The van der Waals surface area contributed by atoms with E-state index in [0.717, 1.165) is 22.3 Å². The zero-order valence-corrected chi connectivity index (χ0v) is 26.8. The van der Waals surface area contributed by atoms with Crippen LogP contribution in [0.5, 0.6) is 0 Å². The van der Waals surface area contributed by atoms with Crippen molar-refractivity contribution in [2.24, 2.45) is 5.41 Å². The number of likely N-dealkylation sites (tertiary alicyclic amines) is 1. The summed E-state index contributed by atoms with van der Waals surface area (Å²) in [5.74, 6) is 0.0714. The van der Waals surface area contributed by atoms with Crippen molar-refractivity contribution in [2.75, 3.05) is 23.7 Å². The number of piperidine rings is 1. The second kappa shape index (κ2) is 12.2. The predicted octanol–water partition coefficient (Wildman–Crippen LogP) is 5.07. The summed E-state index contributed by atoms with van der Waals surface area (Å²) in [5.41, 5.74) is 3.04. The molecule has 1 saturated heterocycles. The van der Waals surface area contributed by atoms with E-state index in [-0.39, 0.29) is 49.5 Å². The van der Waals surface area contributed by atoms with Crippen molar-refractivity contribution in [3.63, 3.8) is 0 Å². The zero-order chi connectivity index (χ0) is 32.6. The standard InChI is InChI=1S/C36H41N5O5/c1-23-12-15-28(20-40(23)34(45)46-22-24-9-6-5-7-10-24)41(33(44)35(2,3)4)21-30(42)38-27-14-13-25-18-36(19-26(25)17-27)29-11-8-16-37-31(29)39-32(36)43/h5-11,13-14,16-17,23,28H,12,15,18-22H2,1-4H3,(H,38,42)(H,37,39,43)/t23-,28+,36-/m1/s1. The smallest absolute Gasteiger partial charge is 0.410 e. The van der Waals surface area contributed by atoms with Crippen LogP contribution in [0.15, 0.2) is 66.9 Å². The quantitative estimate of drug-likeness (QED) is 0.396. The van der Waals surface area contributed by atoms with E-state index in [1.54, 1.807) is 16.0 Å². The Bertz CT molecular complexity index is 1670. The van der Waals surface area contributed by atoms with Crippen LogP contribution in [0.25, 0.3) is 0 Å². The van der Waals surface area contributed by atoms with Gasteiger partial charge in [-0.1, -0.05) is 63.2 Å². The van der Waals surface area contributed by atoms with Gasteiger partial charge < -0.3 is 25.2 Å². The number of fused-ring (bicyclic) bond motifs is 3. The van der Waals surface area contributed by atoms with Crippen molar-refractivity contribution in [2.45, 2.75) is 77.5 Å². The first-order valence-corrected chi connectivity index (χ1v) is 15.9. The fourth-order valence-electron chi connectivity index (χ4n) is 6.90. The molecule has 4 amide bonds. The van der Waals surface area contributed by atoms with E-state index >= 15 is 0 Å². The van der Waals surface area contributed by atoms with Gasteiger partial charge in [0.1, 0.15) is 19.0 Å². The summed E-state index contributed by atoms with van der Waals surface area (Å²) in [5, 5.41) is 5.91. The molecule has 240 valence electrons. The Morgan fingerprint density at radius 1 is 1.04 bits per heavy atom. The Kier molecular flexibility index (Phi) is 8.31. The van der Waals surface area contributed by atoms with Crippen LogP contribution in [0.1, 0.15) is 62.8 Å². The molecule has 3 aromatic rings. The van der Waals surface area contributed by atoms with E-state index in [1.807, 2.05) is 88.4 Å². The van der Waals surface area contributed by atoms with E-state index in [2.05, 4.69) is 15.6 Å². The van der Waals surface area contributed by atoms with Gasteiger partial charge in [0.2, 0.25) is 17.7 Å². The van der Waals surface area contributed by atoms with Gasteiger partial charge in [-0.3, -0.25) is 14.4 Å². The number of nitrogens with one attached hydrogen (secondary N) is 2. The lowest BCUT2D eigenvalue weighted by Crippen LogP contribution is -2.57. The molecule has 46 heavy (non-hydrogen) atoms. The minimum absolute atomic E-state index is 0.0562. The maximum absolute atomic E-state index is 13.7. The molecule has 0 unspecified atom stereocenters. The third kappa shape index (κ3) is 6.08. The molecule has 2 aliphatic heterocycles. The van der Waals surface area contributed by atoms with Crippen molar-refractivity contribution in [1.29, 1.82) is 0 Å². The van der Waals surface area contributed by atoms with Gasteiger partial charge in [-0.15, -0.1) is 0 Å². The lowest BCUT2D eigenvalue weighted by atomic mass is 9.79. The van der Waals surface area contributed by atoms with Crippen molar-refractivity contribution in [3.8, 4) is 0 Å². The van der Waals surface area contributed by atoms with Crippen LogP contribution >= 0.6 is 0 Å². The van der Waals surface area contributed by atoms with Gasteiger partial charge in [-0.05, 0) is 67.5 Å². The maximum Gasteiger partial charge on any atom is 0.410 e. The summed E-state index contributed by atoms with van der Waals surface area (Å²) >= 11 is 0. The summed E-state index contributed by atoms with van der Waals surface area (Å²) in [4.78, 5) is 61.1. The molecule has 2 N–H and O–H groups in total. The molecule has 0 radical (unpaired) electrons. The molecule has 0 saturated carbocycles. The van der Waals surface area contributed by atoms with Crippen molar-refractivity contribution < 1.29 is 23.9 Å². The lowest BCUT2D eigenvalue weighted by Gasteiger charge is -2.43. The number of ether oxygens (including phenoxy) is 1. The Morgan fingerprint density at radius 3 is 2.57 bits per heavy atom. The number of hydrogen-bond donors (Lipinski definition) is 2. The van der Waals surface area contributed by atoms with Gasteiger partial charge in [0, 0.05) is 35.4 Å². The molecule has 1 aliphatic carbocycles. The minimum Gasteiger partial charge on any atom is -0.445 e. The monoisotopic (exact) mass is 623 g/mol. The normalized spacial score (nSPS) is 21.7. The average Bonchev–Trinajstić information content (AvgIpc) is 3.55. The second-order valence-electron chi connectivity index (χ2n) is 13.8. The van der Waals surface area contributed by atoms with Gasteiger partial charge >= 0.3 is 6.09 Å². The maximum atomic E-state index is 13.7. The number of pyridine rings is 1. The zero-order valence-electron chi connectivity index (χ0n) is 26.8. The first-order valence-electron chi connectivity index (χ1n) is 15.9. The van der Waals surface area contributed by atoms with Crippen LogP contribution < -0.4 is 10.6 Å². The number of carbonyl (C=O) groups excluding carboxylic acids is 4. The number of nitrogens with zero attached hydrogens (tertiary/aromatic N) is 3. The first-order chi connectivity index (χ1) is 21.9. The van der Waals surface area contributed by atoms with Crippen molar-refractivity contribution in [3.05, 3.63) is 89.1 Å². The van der Waals surface area contributed by atoms with Crippen LogP contribution in [-0.4, -0.2) is 63.8 Å². The largest absolute Gasteiger partial charge is 0.445 e. The number of rotatable bonds is 6. The van der Waals surface area contributed by atoms with Gasteiger partial charge in [-0.2, -0.15) is 0 Å². The Morgan fingerprint density at radius 2 is 1.80 bits per heavy atom. The van der Waals surface area contributed by atoms with Crippen LogP contribution in [-0.2, 0) is 44.0 Å². The van der Waals surface area contributed by atoms with Crippen LogP contribution in [0.4, 0.5) is 16.3 Å². The predicted molar refractivity (Wildman–Crippen MR) is 174 cm³/mol. The average molecular weight is 624 g/mol. The van der Waals surface area contributed by atoms with E-state index in [4.69, 9.17) is 4.74 Å². The number of aromatic nitrogens is 1. The molecule has 3 heterocycles. The molecule has 3 aliphatic rings. The molecule has 1 fully saturated rings. The minimum atomic E-state index is -0.725. The summed E-state index contributed by atoms with van der Waals surface area (Å²) in [7, 11) is 0. The van der Waals surface area contributed by atoms with Crippen LogP contribution in [0.2, 0.25) is 0 Å². The molecule has 10 nitrogen and oxygen atoms in total. The first kappa shape index (κ1) is 31.3. The SMILES string of the molecule is C[C@@H]1CC[C@H](N(CC(=O)Nc2ccc3c(c2)C[C@@]2(C3)C(=O)Nc3ncccc32)C(=O)C(C)(C)C)CN1C(=O)OCc1ccccc1. The molecule has 10 heteroatoms. The highest BCUT2D eigenvalue weighted by Crippen LogP contribution is 2.47. The number of amides is 4. The van der Waals surface area contributed by atoms with Crippen molar-refractivity contribution >= 4 is 35.3 Å². The topological polar surface area (TPSA) is 121 Å². The second-order valence-corrected chi connectivity index (χ2v) is 13.8. The molecular weight excluding hydrogens is 582 g/mol. The van der Waals surface area contributed by atoms with Gasteiger partial charge in [-0.25, -0.2) is 9.78 Å². The van der Waals surface area contributed by atoms with Crippen LogP contribution in [0, 0.1) is 5.41 Å².